The van der Waals surface area contributed by atoms with E-state index in [1.807, 2.05) is 0 Å². The highest BCUT2D eigenvalue weighted by Gasteiger charge is 2.31. The average Bonchev–Trinajstić information content (AvgIpc) is 2.96. The molecule has 1 aliphatic carbocycles. The Bertz CT molecular complexity index is 260. The third-order valence-electron chi connectivity index (χ3n) is 2.08. The summed E-state index contributed by atoms with van der Waals surface area (Å²) in [6.07, 6.45) is 3.68. The summed E-state index contributed by atoms with van der Waals surface area (Å²) in [5.41, 5.74) is 0. The number of carbonyl (C=O) groups is 2. The molecule has 0 spiro atoms. The maximum Gasteiger partial charge on any atom is 0.329 e. The molecule has 0 saturated heterocycles. The van der Waals surface area contributed by atoms with Crippen LogP contribution in [0.3, 0.4) is 0 Å². The van der Waals surface area contributed by atoms with E-state index < -0.39 is 12.6 Å². The van der Waals surface area contributed by atoms with Crippen LogP contribution in [0.25, 0.3) is 0 Å². The summed E-state index contributed by atoms with van der Waals surface area (Å²) in [5, 5.41) is 8.32. The zero-order chi connectivity index (χ0) is 11.3. The van der Waals surface area contributed by atoms with Gasteiger partial charge in [0.1, 0.15) is 13.2 Å². The van der Waals surface area contributed by atoms with Crippen molar-refractivity contribution in [3.8, 4) is 0 Å². The molecule has 0 unspecified atom stereocenters. The Morgan fingerprint density at radius 3 is 2.60 bits per heavy atom. The summed E-state index contributed by atoms with van der Waals surface area (Å²) in [7, 11) is 0. The number of hydrogen-bond acceptors (Lipinski definition) is 3. The van der Waals surface area contributed by atoms with Crippen LogP contribution in [0, 0.1) is 0 Å². The van der Waals surface area contributed by atoms with Crippen LogP contribution in [0.5, 0.6) is 0 Å². The van der Waals surface area contributed by atoms with Crippen LogP contribution < -0.4 is 0 Å². The molecular weight excluding hydrogens is 198 g/mol. The van der Waals surface area contributed by atoms with Crippen molar-refractivity contribution < 1.29 is 19.4 Å². The minimum absolute atomic E-state index is 0.168. The number of aliphatic carboxylic acids is 1. The number of rotatable bonds is 7. The predicted octanol–water partition coefficient (Wildman–Crippen LogP) is 0.265. The average molecular weight is 213 g/mol. The first-order valence-corrected chi connectivity index (χ1v) is 4.85. The van der Waals surface area contributed by atoms with Crippen LogP contribution >= 0.6 is 0 Å². The van der Waals surface area contributed by atoms with Gasteiger partial charge < -0.3 is 14.7 Å². The minimum Gasteiger partial charge on any atom is -0.480 e. The number of carboxylic acid groups (broad SMARTS) is 1. The first kappa shape index (κ1) is 11.7. The molecule has 0 bridgehead atoms. The summed E-state index contributed by atoms with van der Waals surface area (Å²) in [4.78, 5) is 23.4. The molecule has 0 radical (unpaired) electrons. The summed E-state index contributed by atoms with van der Waals surface area (Å²) in [5.74, 6) is -1.23. The van der Waals surface area contributed by atoms with Gasteiger partial charge in [-0.3, -0.25) is 4.79 Å². The van der Waals surface area contributed by atoms with Crippen LogP contribution in [0.2, 0.25) is 0 Å². The molecular formula is C10H15NO4. The van der Waals surface area contributed by atoms with Gasteiger partial charge >= 0.3 is 5.97 Å². The van der Waals surface area contributed by atoms with Crippen molar-refractivity contribution in [3.05, 3.63) is 12.7 Å². The van der Waals surface area contributed by atoms with E-state index in [0.717, 1.165) is 12.8 Å². The molecule has 5 heteroatoms. The van der Waals surface area contributed by atoms with Gasteiger partial charge in [-0.15, -0.1) is 6.58 Å². The summed E-state index contributed by atoms with van der Waals surface area (Å²) in [6.45, 7) is 3.47. The Balaban J connectivity index is 2.28. The van der Waals surface area contributed by atoms with Crippen molar-refractivity contribution in [2.24, 2.45) is 0 Å². The highest BCUT2D eigenvalue weighted by molar-refractivity contribution is 5.78. The van der Waals surface area contributed by atoms with Gasteiger partial charge in [0.25, 0.3) is 0 Å². The third kappa shape index (κ3) is 4.12. The van der Waals surface area contributed by atoms with Gasteiger partial charge in [0.05, 0.1) is 0 Å². The molecule has 0 atom stereocenters. The monoisotopic (exact) mass is 213 g/mol. The second kappa shape index (κ2) is 5.50. The van der Waals surface area contributed by atoms with Gasteiger partial charge in [0.15, 0.2) is 0 Å². The van der Waals surface area contributed by atoms with Gasteiger partial charge in [-0.05, 0) is 12.8 Å². The lowest BCUT2D eigenvalue weighted by atomic mass is 10.4. The van der Waals surface area contributed by atoms with E-state index in [2.05, 4.69) is 6.58 Å². The summed E-state index contributed by atoms with van der Waals surface area (Å²) < 4.78 is 4.74. The number of nitrogens with zero attached hydrogens (tertiary/aromatic N) is 1. The lowest BCUT2D eigenvalue weighted by molar-refractivity contribution is -0.145. The maximum atomic E-state index is 11.6. The molecule has 0 aromatic heterocycles. The van der Waals surface area contributed by atoms with Crippen molar-refractivity contribution >= 4 is 11.9 Å². The smallest absolute Gasteiger partial charge is 0.329 e. The van der Waals surface area contributed by atoms with Crippen LogP contribution in [0.15, 0.2) is 12.7 Å². The summed E-state index contributed by atoms with van der Waals surface area (Å²) in [6, 6.07) is 0.295. The summed E-state index contributed by atoms with van der Waals surface area (Å²) >= 11 is 0. The predicted molar refractivity (Wildman–Crippen MR) is 53.4 cm³/mol. The van der Waals surface area contributed by atoms with Gasteiger partial charge in [0, 0.05) is 12.6 Å². The fourth-order valence-electron chi connectivity index (χ4n) is 1.29. The van der Waals surface area contributed by atoms with E-state index in [1.54, 1.807) is 11.0 Å². The van der Waals surface area contributed by atoms with Crippen LogP contribution in [0.4, 0.5) is 0 Å². The normalized spacial score (nSPS) is 14.7. The molecule has 1 aliphatic rings. The fraction of sp³-hybridized carbons (Fsp3) is 0.600. The standard InChI is InChI=1S/C10H15NO4/c1-2-5-11(8-3-4-8)9(12)6-15-7-10(13)14/h2,8H,1,3-7H2,(H,13,14). The molecule has 1 fully saturated rings. The van der Waals surface area contributed by atoms with E-state index in [1.165, 1.54) is 0 Å². The van der Waals surface area contributed by atoms with Gasteiger partial charge in [-0.25, -0.2) is 4.79 Å². The number of ether oxygens (including phenoxy) is 1. The molecule has 0 aromatic carbocycles. The molecule has 0 aromatic rings. The van der Waals surface area contributed by atoms with E-state index in [4.69, 9.17) is 9.84 Å². The Morgan fingerprint density at radius 2 is 2.13 bits per heavy atom. The lowest BCUT2D eigenvalue weighted by Crippen LogP contribution is -2.36. The van der Waals surface area contributed by atoms with Crippen molar-refractivity contribution in [3.63, 3.8) is 0 Å². The fourth-order valence-corrected chi connectivity index (χ4v) is 1.29. The van der Waals surface area contributed by atoms with Crippen molar-refractivity contribution in [1.82, 2.24) is 4.90 Å². The van der Waals surface area contributed by atoms with Crippen LogP contribution in [-0.4, -0.2) is 47.7 Å². The second-order valence-electron chi connectivity index (χ2n) is 3.45. The van der Waals surface area contributed by atoms with Crippen molar-refractivity contribution in [2.45, 2.75) is 18.9 Å². The Hall–Kier alpha value is -1.36. The quantitative estimate of drug-likeness (QED) is 0.616. The Morgan fingerprint density at radius 1 is 1.47 bits per heavy atom. The van der Waals surface area contributed by atoms with Gasteiger partial charge in [0.2, 0.25) is 5.91 Å². The van der Waals surface area contributed by atoms with E-state index in [0.29, 0.717) is 12.6 Å². The molecule has 1 saturated carbocycles. The van der Waals surface area contributed by atoms with Crippen molar-refractivity contribution in [2.75, 3.05) is 19.8 Å². The van der Waals surface area contributed by atoms with E-state index in [-0.39, 0.29) is 12.5 Å². The largest absolute Gasteiger partial charge is 0.480 e. The first-order valence-electron chi connectivity index (χ1n) is 4.85. The maximum absolute atomic E-state index is 11.6. The molecule has 84 valence electrons. The number of amides is 1. The topological polar surface area (TPSA) is 66.8 Å². The van der Waals surface area contributed by atoms with Gasteiger partial charge in [-0.2, -0.15) is 0 Å². The van der Waals surface area contributed by atoms with E-state index >= 15 is 0 Å². The number of carboxylic acids is 1. The molecule has 0 aliphatic heterocycles. The highest BCUT2D eigenvalue weighted by Crippen LogP contribution is 2.26. The minimum atomic E-state index is -1.07. The molecule has 1 amide bonds. The first-order chi connectivity index (χ1) is 7.15. The third-order valence-corrected chi connectivity index (χ3v) is 2.08. The SMILES string of the molecule is C=CCN(C(=O)COCC(=O)O)C1CC1. The zero-order valence-electron chi connectivity index (χ0n) is 8.52. The van der Waals surface area contributed by atoms with Gasteiger partial charge in [-0.1, -0.05) is 6.08 Å². The highest BCUT2D eigenvalue weighted by atomic mass is 16.5. The Labute approximate surface area is 88.3 Å². The number of hydrogen-bond donors (Lipinski definition) is 1. The number of carbonyl (C=O) groups excluding carboxylic acids is 1. The second-order valence-corrected chi connectivity index (χ2v) is 3.45. The molecule has 5 nitrogen and oxygen atoms in total. The lowest BCUT2D eigenvalue weighted by Gasteiger charge is -2.20. The molecule has 1 rings (SSSR count). The van der Waals surface area contributed by atoms with Crippen LogP contribution in [-0.2, 0) is 14.3 Å². The Kier molecular flexibility index (Phi) is 4.30. The molecule has 1 N–H and O–H groups in total. The molecule has 15 heavy (non-hydrogen) atoms. The zero-order valence-corrected chi connectivity index (χ0v) is 8.52. The van der Waals surface area contributed by atoms with Crippen LogP contribution in [0.1, 0.15) is 12.8 Å². The molecule has 0 heterocycles. The van der Waals surface area contributed by atoms with Crippen molar-refractivity contribution in [1.29, 1.82) is 0 Å². The van der Waals surface area contributed by atoms with E-state index in [9.17, 15) is 9.59 Å².